The van der Waals surface area contributed by atoms with Gasteiger partial charge in [0.15, 0.2) is 0 Å². The molecule has 0 saturated carbocycles. The van der Waals surface area contributed by atoms with Crippen LogP contribution in [-0.2, 0) is 10.2 Å². The van der Waals surface area contributed by atoms with Gasteiger partial charge in [-0.3, -0.25) is 4.79 Å². The topological polar surface area (TPSA) is 115 Å². The van der Waals surface area contributed by atoms with Crippen molar-refractivity contribution in [1.82, 2.24) is 13.8 Å². The summed E-state index contributed by atoms with van der Waals surface area (Å²) in [6.45, 7) is 4.99. The Labute approximate surface area is 124 Å². The van der Waals surface area contributed by atoms with E-state index >= 15 is 0 Å². The number of aromatic nitrogens is 1. The number of amides is 1. The Kier molecular flexibility index (Phi) is 4.26. The van der Waals surface area contributed by atoms with Gasteiger partial charge >= 0.3 is 0 Å². The number of carbonyl (C=O) groups is 1. The molecule has 1 aliphatic rings. The van der Waals surface area contributed by atoms with Crippen LogP contribution in [0, 0.1) is 0 Å². The lowest BCUT2D eigenvalue weighted by Crippen LogP contribution is -2.52. The van der Waals surface area contributed by atoms with Crippen molar-refractivity contribution in [2.75, 3.05) is 31.9 Å². The van der Waals surface area contributed by atoms with Gasteiger partial charge in [-0.2, -0.15) is 12.7 Å². The first kappa shape index (κ1) is 15.8. The van der Waals surface area contributed by atoms with E-state index in [1.54, 1.807) is 17.2 Å². The average molecular weight is 315 g/mol. The lowest BCUT2D eigenvalue weighted by Gasteiger charge is -2.33. The lowest BCUT2D eigenvalue weighted by molar-refractivity contribution is 0.0685. The van der Waals surface area contributed by atoms with Gasteiger partial charge in [0.25, 0.3) is 16.1 Å². The van der Waals surface area contributed by atoms with Crippen LogP contribution in [0.3, 0.4) is 0 Å². The number of hydrogen-bond acceptors (Lipinski definition) is 4. The van der Waals surface area contributed by atoms with Crippen LogP contribution in [0.4, 0.5) is 5.69 Å². The van der Waals surface area contributed by atoms with Crippen molar-refractivity contribution in [3.05, 3.63) is 18.0 Å². The Bertz CT molecular complexity index is 629. The highest BCUT2D eigenvalue weighted by molar-refractivity contribution is 7.86. The zero-order valence-electron chi connectivity index (χ0n) is 12.2. The van der Waals surface area contributed by atoms with Gasteiger partial charge in [-0.15, -0.1) is 0 Å². The van der Waals surface area contributed by atoms with Gasteiger partial charge in [-0.25, -0.2) is 5.14 Å². The van der Waals surface area contributed by atoms with Crippen molar-refractivity contribution in [2.45, 2.75) is 19.9 Å². The zero-order valence-corrected chi connectivity index (χ0v) is 13.0. The molecule has 0 atom stereocenters. The standard InChI is InChI=1S/C12H21N5O3S/c1-9(2)17-8-10(13)7-11(17)12(18)15-3-5-16(6-4-15)21(14,19)20/h7-9H,3-6,13H2,1-2H3,(H2,14,19,20). The van der Waals surface area contributed by atoms with E-state index in [-0.39, 0.29) is 25.0 Å². The molecule has 0 aliphatic carbocycles. The molecular weight excluding hydrogens is 294 g/mol. The number of nitrogens with zero attached hydrogens (tertiary/aromatic N) is 3. The fourth-order valence-corrected chi connectivity index (χ4v) is 3.08. The van der Waals surface area contributed by atoms with Crippen LogP contribution >= 0.6 is 0 Å². The van der Waals surface area contributed by atoms with Gasteiger partial charge in [-0.1, -0.05) is 0 Å². The lowest BCUT2D eigenvalue weighted by atomic mass is 10.3. The summed E-state index contributed by atoms with van der Waals surface area (Å²) in [6.07, 6.45) is 1.73. The number of anilines is 1. The fraction of sp³-hybridized carbons (Fsp3) is 0.583. The van der Waals surface area contributed by atoms with Crippen molar-refractivity contribution in [2.24, 2.45) is 5.14 Å². The minimum absolute atomic E-state index is 0.118. The maximum atomic E-state index is 12.5. The molecule has 2 rings (SSSR count). The predicted molar refractivity (Wildman–Crippen MR) is 79.8 cm³/mol. The van der Waals surface area contributed by atoms with E-state index in [0.717, 1.165) is 0 Å². The van der Waals surface area contributed by atoms with Gasteiger partial charge in [0.1, 0.15) is 5.69 Å². The highest BCUT2D eigenvalue weighted by atomic mass is 32.2. The Balaban J connectivity index is 2.13. The maximum absolute atomic E-state index is 12.5. The molecular formula is C12H21N5O3S. The Hall–Kier alpha value is -1.58. The van der Waals surface area contributed by atoms with Gasteiger partial charge in [0.05, 0.1) is 5.69 Å². The monoisotopic (exact) mass is 315 g/mol. The number of carbonyl (C=O) groups excluding carboxylic acids is 1. The molecule has 0 radical (unpaired) electrons. The molecule has 1 aromatic rings. The van der Waals surface area contributed by atoms with Crippen molar-refractivity contribution in [3.8, 4) is 0 Å². The van der Waals surface area contributed by atoms with Gasteiger partial charge in [-0.05, 0) is 19.9 Å². The van der Waals surface area contributed by atoms with Crippen molar-refractivity contribution >= 4 is 21.8 Å². The van der Waals surface area contributed by atoms with E-state index in [1.165, 1.54) is 4.31 Å². The quantitative estimate of drug-likeness (QED) is 0.790. The summed E-state index contributed by atoms with van der Waals surface area (Å²) in [6, 6.07) is 1.76. The molecule has 1 aliphatic heterocycles. The average Bonchev–Trinajstić information content (AvgIpc) is 2.79. The molecule has 2 heterocycles. The number of rotatable bonds is 3. The van der Waals surface area contributed by atoms with E-state index < -0.39 is 10.2 Å². The van der Waals surface area contributed by atoms with Crippen molar-refractivity contribution in [3.63, 3.8) is 0 Å². The molecule has 1 aromatic heterocycles. The first-order valence-corrected chi connectivity index (χ1v) is 8.25. The number of hydrogen-bond donors (Lipinski definition) is 2. The molecule has 1 fully saturated rings. The summed E-state index contributed by atoms with van der Waals surface area (Å²) in [5, 5.41) is 5.08. The highest BCUT2D eigenvalue weighted by Crippen LogP contribution is 2.19. The smallest absolute Gasteiger partial charge is 0.277 e. The third-order valence-electron chi connectivity index (χ3n) is 3.53. The summed E-state index contributed by atoms with van der Waals surface area (Å²) in [5.74, 6) is -0.144. The summed E-state index contributed by atoms with van der Waals surface area (Å²) < 4.78 is 25.5. The molecule has 0 unspecified atom stereocenters. The molecule has 0 aromatic carbocycles. The van der Waals surface area contributed by atoms with Crippen LogP contribution in [-0.4, -0.2) is 54.3 Å². The van der Waals surface area contributed by atoms with Crippen molar-refractivity contribution < 1.29 is 13.2 Å². The van der Waals surface area contributed by atoms with Crippen LogP contribution in [0.25, 0.3) is 0 Å². The Morgan fingerprint density at radius 2 is 1.81 bits per heavy atom. The Morgan fingerprint density at radius 3 is 2.29 bits per heavy atom. The van der Waals surface area contributed by atoms with Crippen LogP contribution in [0.15, 0.2) is 12.3 Å². The largest absolute Gasteiger partial charge is 0.397 e. The van der Waals surface area contributed by atoms with E-state index in [1.807, 2.05) is 18.4 Å². The number of nitrogen functional groups attached to an aromatic ring is 1. The minimum atomic E-state index is -3.69. The van der Waals surface area contributed by atoms with E-state index in [4.69, 9.17) is 10.9 Å². The molecule has 4 N–H and O–H groups in total. The van der Waals surface area contributed by atoms with Crippen molar-refractivity contribution in [1.29, 1.82) is 0 Å². The molecule has 0 spiro atoms. The number of nitrogens with two attached hydrogens (primary N) is 2. The number of piperazine rings is 1. The van der Waals surface area contributed by atoms with E-state index in [0.29, 0.717) is 24.5 Å². The van der Waals surface area contributed by atoms with Gasteiger partial charge in [0.2, 0.25) is 0 Å². The molecule has 8 nitrogen and oxygen atoms in total. The van der Waals surface area contributed by atoms with Crippen LogP contribution in [0.2, 0.25) is 0 Å². The summed E-state index contributed by atoms with van der Waals surface area (Å²) in [4.78, 5) is 14.2. The molecule has 0 bridgehead atoms. The minimum Gasteiger partial charge on any atom is -0.397 e. The van der Waals surface area contributed by atoms with E-state index in [9.17, 15) is 13.2 Å². The molecule has 21 heavy (non-hydrogen) atoms. The molecule has 1 amide bonds. The predicted octanol–water partition coefficient (Wildman–Crippen LogP) is -0.387. The van der Waals surface area contributed by atoms with Crippen LogP contribution in [0.1, 0.15) is 30.4 Å². The van der Waals surface area contributed by atoms with Gasteiger partial charge < -0.3 is 15.2 Å². The third-order valence-corrected chi connectivity index (χ3v) is 4.62. The highest BCUT2D eigenvalue weighted by Gasteiger charge is 2.28. The fourth-order valence-electron chi connectivity index (χ4n) is 2.41. The third kappa shape index (κ3) is 3.36. The summed E-state index contributed by atoms with van der Waals surface area (Å²) >= 11 is 0. The Morgan fingerprint density at radius 1 is 1.24 bits per heavy atom. The zero-order chi connectivity index (χ0) is 15.8. The van der Waals surface area contributed by atoms with Crippen LogP contribution < -0.4 is 10.9 Å². The molecule has 9 heteroatoms. The first-order valence-electron chi connectivity index (χ1n) is 6.74. The second kappa shape index (κ2) is 5.66. The molecule has 1 saturated heterocycles. The summed E-state index contributed by atoms with van der Waals surface area (Å²) in [5.41, 5.74) is 6.83. The first-order chi connectivity index (χ1) is 9.70. The summed E-state index contributed by atoms with van der Waals surface area (Å²) in [7, 11) is -3.69. The van der Waals surface area contributed by atoms with E-state index in [2.05, 4.69) is 0 Å². The van der Waals surface area contributed by atoms with Gasteiger partial charge in [0, 0.05) is 38.4 Å². The van der Waals surface area contributed by atoms with Crippen LogP contribution in [0.5, 0.6) is 0 Å². The second-order valence-corrected chi connectivity index (χ2v) is 6.94. The SMILES string of the molecule is CC(C)n1cc(N)cc1C(=O)N1CCN(S(N)(=O)=O)CC1. The second-order valence-electron chi connectivity index (χ2n) is 5.40. The maximum Gasteiger partial charge on any atom is 0.277 e. The molecule has 118 valence electrons. The normalized spacial score (nSPS) is 17.4.